The molecule has 0 bridgehead atoms. The number of halogens is 1. The van der Waals surface area contributed by atoms with Crippen LogP contribution in [0.4, 0.5) is 0 Å². The molecule has 0 fully saturated rings. The lowest BCUT2D eigenvalue weighted by molar-refractivity contribution is 0.105. The molecular formula is C19H30IN3O2S. The van der Waals surface area contributed by atoms with Crippen LogP contribution in [-0.2, 0) is 17.8 Å². The first-order valence-corrected chi connectivity index (χ1v) is 9.80. The molecule has 0 aromatic carbocycles. The molecule has 0 amide bonds. The summed E-state index contributed by atoms with van der Waals surface area (Å²) < 4.78 is 10.8. The van der Waals surface area contributed by atoms with E-state index in [-0.39, 0.29) is 24.0 Å². The van der Waals surface area contributed by atoms with Crippen molar-refractivity contribution < 1.29 is 9.15 Å². The van der Waals surface area contributed by atoms with Crippen molar-refractivity contribution >= 4 is 41.3 Å². The van der Waals surface area contributed by atoms with Crippen LogP contribution < -0.4 is 10.6 Å². The van der Waals surface area contributed by atoms with E-state index in [0.29, 0.717) is 19.1 Å². The fraction of sp³-hybridized carbons (Fsp3) is 0.526. The number of aliphatic imine (C=N–C) groups is 1. The van der Waals surface area contributed by atoms with Crippen LogP contribution in [0.2, 0.25) is 0 Å². The first-order valence-electron chi connectivity index (χ1n) is 8.92. The van der Waals surface area contributed by atoms with Gasteiger partial charge in [0.1, 0.15) is 12.4 Å². The van der Waals surface area contributed by atoms with Crippen LogP contribution in [0, 0.1) is 5.92 Å². The fourth-order valence-corrected chi connectivity index (χ4v) is 3.24. The van der Waals surface area contributed by atoms with Gasteiger partial charge in [-0.2, -0.15) is 0 Å². The van der Waals surface area contributed by atoms with E-state index in [1.54, 1.807) is 6.26 Å². The van der Waals surface area contributed by atoms with E-state index in [1.165, 1.54) is 4.88 Å². The molecule has 1 unspecified atom stereocenters. The summed E-state index contributed by atoms with van der Waals surface area (Å²) in [5, 5.41) is 8.79. The van der Waals surface area contributed by atoms with E-state index in [0.717, 1.165) is 44.2 Å². The summed E-state index contributed by atoms with van der Waals surface area (Å²) in [5.74, 6) is 2.28. The van der Waals surface area contributed by atoms with Crippen molar-refractivity contribution in [1.29, 1.82) is 0 Å². The number of hydrogen-bond acceptors (Lipinski definition) is 4. The van der Waals surface area contributed by atoms with Gasteiger partial charge in [0.05, 0.1) is 6.26 Å². The van der Waals surface area contributed by atoms with Crippen molar-refractivity contribution in [3.63, 3.8) is 0 Å². The fourth-order valence-electron chi connectivity index (χ4n) is 2.37. The standard InChI is InChI=1S/C19H29N3O2S.HI/c1-3-20-19(22-14-16(2)13-18-8-5-12-25-18)21-9-6-10-23-15-17-7-4-11-24-17;/h4-5,7-8,11-12,16H,3,6,9-10,13-15H2,1-2H3,(H2,20,21,22);1H. The van der Waals surface area contributed by atoms with Crippen LogP contribution in [0.1, 0.15) is 30.9 Å². The minimum Gasteiger partial charge on any atom is -0.467 e. The molecule has 5 nitrogen and oxygen atoms in total. The molecule has 2 heterocycles. The summed E-state index contributed by atoms with van der Waals surface area (Å²) in [6, 6.07) is 8.09. The molecule has 0 radical (unpaired) electrons. The van der Waals surface area contributed by atoms with Crippen LogP contribution in [0.25, 0.3) is 0 Å². The van der Waals surface area contributed by atoms with Gasteiger partial charge in [-0.15, -0.1) is 35.3 Å². The molecule has 0 saturated heterocycles. The Kier molecular flexibility index (Phi) is 12.4. The maximum absolute atomic E-state index is 5.58. The van der Waals surface area contributed by atoms with E-state index in [9.17, 15) is 0 Å². The van der Waals surface area contributed by atoms with Gasteiger partial charge in [-0.25, -0.2) is 0 Å². The third kappa shape index (κ3) is 9.59. The summed E-state index contributed by atoms with van der Waals surface area (Å²) >= 11 is 1.82. The number of thiophene rings is 1. The smallest absolute Gasteiger partial charge is 0.191 e. The zero-order valence-electron chi connectivity index (χ0n) is 15.6. The zero-order valence-corrected chi connectivity index (χ0v) is 18.7. The SMILES string of the molecule is CCNC(=NCC(C)Cc1cccs1)NCCCOCc1ccco1.I. The van der Waals surface area contributed by atoms with Crippen molar-refractivity contribution in [2.75, 3.05) is 26.2 Å². The van der Waals surface area contributed by atoms with Gasteiger partial charge < -0.3 is 19.8 Å². The van der Waals surface area contributed by atoms with Crippen molar-refractivity contribution in [1.82, 2.24) is 10.6 Å². The Morgan fingerprint density at radius 2 is 2.19 bits per heavy atom. The number of nitrogens with zero attached hydrogens (tertiary/aromatic N) is 1. The topological polar surface area (TPSA) is 58.8 Å². The van der Waals surface area contributed by atoms with E-state index in [4.69, 9.17) is 14.1 Å². The molecule has 2 rings (SSSR count). The second-order valence-corrected chi connectivity index (χ2v) is 7.05. The minimum absolute atomic E-state index is 0. The van der Waals surface area contributed by atoms with Crippen LogP contribution in [-0.4, -0.2) is 32.2 Å². The maximum Gasteiger partial charge on any atom is 0.191 e. The number of hydrogen-bond donors (Lipinski definition) is 2. The lowest BCUT2D eigenvalue weighted by Crippen LogP contribution is -2.38. The van der Waals surface area contributed by atoms with Crippen molar-refractivity contribution in [2.24, 2.45) is 10.9 Å². The number of nitrogens with one attached hydrogen (secondary N) is 2. The van der Waals surface area contributed by atoms with E-state index >= 15 is 0 Å². The van der Waals surface area contributed by atoms with E-state index in [2.05, 4.69) is 42.0 Å². The van der Waals surface area contributed by atoms with Gasteiger partial charge in [-0.05, 0) is 49.3 Å². The predicted octanol–water partition coefficient (Wildman–Crippen LogP) is 4.30. The molecule has 2 aromatic rings. The van der Waals surface area contributed by atoms with E-state index < -0.39 is 0 Å². The quantitative estimate of drug-likeness (QED) is 0.213. The Morgan fingerprint density at radius 3 is 2.88 bits per heavy atom. The molecule has 7 heteroatoms. The first-order chi connectivity index (χ1) is 12.3. The van der Waals surface area contributed by atoms with Gasteiger partial charge in [0.2, 0.25) is 0 Å². The summed E-state index contributed by atoms with van der Waals surface area (Å²) in [6.07, 6.45) is 3.68. The zero-order chi connectivity index (χ0) is 17.7. The monoisotopic (exact) mass is 491 g/mol. The van der Waals surface area contributed by atoms with Crippen molar-refractivity contribution in [2.45, 2.75) is 33.3 Å². The highest BCUT2D eigenvalue weighted by atomic mass is 127. The summed E-state index contributed by atoms with van der Waals surface area (Å²) in [6.45, 7) is 8.07. The van der Waals surface area contributed by atoms with Gasteiger partial charge in [-0.3, -0.25) is 4.99 Å². The van der Waals surface area contributed by atoms with Crippen molar-refractivity contribution in [3.8, 4) is 0 Å². The lowest BCUT2D eigenvalue weighted by Gasteiger charge is -2.13. The molecule has 2 N–H and O–H groups in total. The van der Waals surface area contributed by atoms with Crippen LogP contribution in [0.5, 0.6) is 0 Å². The predicted molar refractivity (Wildman–Crippen MR) is 120 cm³/mol. The number of rotatable bonds is 11. The molecule has 1 atom stereocenters. The highest BCUT2D eigenvalue weighted by Crippen LogP contribution is 2.14. The second-order valence-electron chi connectivity index (χ2n) is 6.02. The van der Waals surface area contributed by atoms with Crippen molar-refractivity contribution in [3.05, 3.63) is 46.5 Å². The van der Waals surface area contributed by atoms with Crippen LogP contribution in [0.15, 0.2) is 45.3 Å². The number of guanidine groups is 1. The van der Waals surface area contributed by atoms with Gasteiger partial charge >= 0.3 is 0 Å². The first kappa shape index (κ1) is 23.0. The molecule has 26 heavy (non-hydrogen) atoms. The van der Waals surface area contributed by atoms with Crippen LogP contribution in [0.3, 0.4) is 0 Å². The Hall–Kier alpha value is -1.06. The highest BCUT2D eigenvalue weighted by molar-refractivity contribution is 14.0. The number of furan rings is 1. The highest BCUT2D eigenvalue weighted by Gasteiger charge is 2.05. The molecule has 0 aliphatic carbocycles. The minimum atomic E-state index is 0. The largest absolute Gasteiger partial charge is 0.467 e. The maximum atomic E-state index is 5.58. The molecule has 146 valence electrons. The van der Waals surface area contributed by atoms with E-state index in [1.807, 2.05) is 23.5 Å². The molecule has 2 aromatic heterocycles. The summed E-state index contributed by atoms with van der Waals surface area (Å²) in [7, 11) is 0. The Bertz CT molecular complexity index is 588. The average molecular weight is 491 g/mol. The molecule has 0 aliphatic rings. The van der Waals surface area contributed by atoms with Gasteiger partial charge in [0, 0.05) is 31.1 Å². The molecule has 0 aliphatic heterocycles. The molecular weight excluding hydrogens is 461 g/mol. The molecule has 0 spiro atoms. The normalized spacial score (nSPS) is 12.5. The summed E-state index contributed by atoms with van der Waals surface area (Å²) in [4.78, 5) is 6.12. The third-order valence-electron chi connectivity index (χ3n) is 3.62. The van der Waals surface area contributed by atoms with Crippen LogP contribution >= 0.6 is 35.3 Å². The van der Waals surface area contributed by atoms with Gasteiger partial charge in [-0.1, -0.05) is 13.0 Å². The lowest BCUT2D eigenvalue weighted by atomic mass is 10.1. The second kappa shape index (κ2) is 14.1. The Labute approximate surface area is 177 Å². The Balaban J connectivity index is 0.00000338. The third-order valence-corrected chi connectivity index (χ3v) is 4.52. The number of ether oxygens (including phenoxy) is 1. The van der Waals surface area contributed by atoms with Gasteiger partial charge in [0.25, 0.3) is 0 Å². The molecule has 0 saturated carbocycles. The average Bonchev–Trinajstić information content (AvgIpc) is 3.29. The van der Waals surface area contributed by atoms with Gasteiger partial charge in [0.15, 0.2) is 5.96 Å². The Morgan fingerprint density at radius 1 is 1.31 bits per heavy atom. The summed E-state index contributed by atoms with van der Waals surface area (Å²) in [5.41, 5.74) is 0.